The molecule has 2 nitrogen and oxygen atoms in total. The highest BCUT2D eigenvalue weighted by atomic mass is 32.1. The Bertz CT molecular complexity index is 1560. The summed E-state index contributed by atoms with van der Waals surface area (Å²) >= 11 is 1.57. The Morgan fingerprint density at radius 3 is 1.96 bits per heavy atom. The Kier molecular flexibility index (Phi) is 2.66. The van der Waals surface area contributed by atoms with Gasteiger partial charge >= 0.3 is 0 Å². The maximum Gasteiger partial charge on any atom is 0.266 e. The summed E-state index contributed by atoms with van der Waals surface area (Å²) in [6, 6.07) is 25.1. The van der Waals surface area contributed by atoms with E-state index in [2.05, 4.69) is 59.6 Å². The average molecular weight is 351 g/mol. The normalized spacial score (nSPS) is 12.0. The van der Waals surface area contributed by atoms with Gasteiger partial charge in [-0.1, -0.05) is 66.7 Å². The zero-order chi connectivity index (χ0) is 17.3. The maximum absolute atomic E-state index is 12.9. The van der Waals surface area contributed by atoms with Crippen molar-refractivity contribution in [1.29, 1.82) is 0 Å². The molecule has 0 aliphatic rings. The van der Waals surface area contributed by atoms with E-state index in [0.29, 0.717) is 0 Å². The lowest BCUT2D eigenvalue weighted by Crippen LogP contribution is -2.05. The monoisotopic (exact) mass is 351 g/mol. The largest absolute Gasteiger partial charge is 0.320 e. The van der Waals surface area contributed by atoms with E-state index in [1.54, 1.807) is 11.3 Å². The standard InChI is InChI=1S/C23H13NOS/c25-23-22-20(17-11-5-6-12-18(17)26-22)19-15-9-3-1-7-13(15)14-8-2-4-10-16(14)21(19)24-23/h1-12H,(H,24,25). The first kappa shape index (κ1) is 14.0. The van der Waals surface area contributed by atoms with E-state index in [1.807, 2.05) is 18.2 Å². The molecule has 6 rings (SSSR count). The van der Waals surface area contributed by atoms with Crippen molar-refractivity contribution in [2.75, 3.05) is 0 Å². The van der Waals surface area contributed by atoms with Crippen LogP contribution < -0.4 is 5.56 Å². The molecular formula is C23H13NOS. The van der Waals surface area contributed by atoms with E-state index in [-0.39, 0.29) is 5.56 Å². The van der Waals surface area contributed by atoms with Gasteiger partial charge in [-0.15, -0.1) is 11.3 Å². The van der Waals surface area contributed by atoms with Gasteiger partial charge in [-0.2, -0.15) is 0 Å². The molecule has 4 aromatic carbocycles. The molecule has 0 radical (unpaired) electrons. The molecule has 0 fully saturated rings. The average Bonchev–Trinajstić information content (AvgIpc) is 3.09. The molecule has 3 heteroatoms. The van der Waals surface area contributed by atoms with Gasteiger partial charge in [0.15, 0.2) is 0 Å². The molecule has 0 amide bonds. The Balaban J connectivity index is 2.10. The molecule has 0 bridgehead atoms. The molecule has 2 aromatic heterocycles. The fourth-order valence-electron chi connectivity index (χ4n) is 4.15. The van der Waals surface area contributed by atoms with Gasteiger partial charge in [0.2, 0.25) is 0 Å². The molecule has 0 spiro atoms. The first-order chi connectivity index (χ1) is 12.8. The van der Waals surface area contributed by atoms with Crippen LogP contribution in [0.2, 0.25) is 0 Å². The molecule has 2 heterocycles. The number of aromatic nitrogens is 1. The Morgan fingerprint density at radius 2 is 1.19 bits per heavy atom. The summed E-state index contributed by atoms with van der Waals surface area (Å²) in [7, 11) is 0. The summed E-state index contributed by atoms with van der Waals surface area (Å²) in [5.41, 5.74) is 0.925. The summed E-state index contributed by atoms with van der Waals surface area (Å²) in [5, 5.41) is 8.05. The van der Waals surface area contributed by atoms with Crippen molar-refractivity contribution in [3.63, 3.8) is 0 Å². The van der Waals surface area contributed by atoms with Crippen LogP contribution in [-0.2, 0) is 0 Å². The van der Waals surface area contributed by atoms with Crippen molar-refractivity contribution in [3.8, 4) is 0 Å². The minimum absolute atomic E-state index is 0.00543. The summed E-state index contributed by atoms with van der Waals surface area (Å²) < 4.78 is 1.96. The first-order valence-electron chi connectivity index (χ1n) is 8.59. The fourth-order valence-corrected chi connectivity index (χ4v) is 5.26. The van der Waals surface area contributed by atoms with E-state index in [0.717, 1.165) is 36.5 Å². The van der Waals surface area contributed by atoms with Crippen LogP contribution in [0, 0.1) is 0 Å². The second kappa shape index (κ2) is 4.93. The Hall–Kier alpha value is -3.17. The fraction of sp³-hybridized carbons (Fsp3) is 0. The number of thiophene rings is 1. The van der Waals surface area contributed by atoms with Crippen LogP contribution in [0.15, 0.2) is 77.6 Å². The minimum atomic E-state index is -0.00543. The number of benzene rings is 4. The number of H-pyrrole nitrogens is 1. The highest BCUT2D eigenvalue weighted by molar-refractivity contribution is 7.26. The molecule has 1 N–H and O–H groups in total. The zero-order valence-corrected chi connectivity index (χ0v) is 14.6. The lowest BCUT2D eigenvalue weighted by molar-refractivity contribution is 1.37. The van der Waals surface area contributed by atoms with Crippen molar-refractivity contribution in [2.45, 2.75) is 0 Å². The van der Waals surface area contributed by atoms with Crippen LogP contribution in [0.5, 0.6) is 0 Å². The van der Waals surface area contributed by atoms with Crippen molar-refractivity contribution < 1.29 is 0 Å². The highest BCUT2D eigenvalue weighted by Gasteiger charge is 2.16. The summed E-state index contributed by atoms with van der Waals surface area (Å²) in [5.74, 6) is 0. The quantitative estimate of drug-likeness (QED) is 0.325. The van der Waals surface area contributed by atoms with E-state index in [1.165, 1.54) is 16.2 Å². The van der Waals surface area contributed by atoms with Gasteiger partial charge in [0.05, 0.1) is 5.52 Å². The van der Waals surface area contributed by atoms with Gasteiger partial charge < -0.3 is 4.98 Å². The maximum atomic E-state index is 12.9. The third kappa shape index (κ3) is 1.68. The summed E-state index contributed by atoms with van der Waals surface area (Å²) in [6.45, 7) is 0. The first-order valence-corrected chi connectivity index (χ1v) is 9.41. The SMILES string of the molecule is O=c1[nH]c2c3ccccc3c3ccccc3c2c2c1sc1ccccc12. The van der Waals surface area contributed by atoms with Crippen LogP contribution in [0.4, 0.5) is 0 Å². The van der Waals surface area contributed by atoms with Crippen LogP contribution in [-0.4, -0.2) is 4.98 Å². The van der Waals surface area contributed by atoms with Crippen LogP contribution >= 0.6 is 11.3 Å². The van der Waals surface area contributed by atoms with Crippen molar-refractivity contribution in [2.24, 2.45) is 0 Å². The number of pyridine rings is 1. The lowest BCUT2D eigenvalue weighted by Gasteiger charge is -2.11. The number of fused-ring (bicyclic) bond motifs is 10. The number of hydrogen-bond acceptors (Lipinski definition) is 2. The van der Waals surface area contributed by atoms with Gasteiger partial charge in [-0.05, 0) is 22.2 Å². The smallest absolute Gasteiger partial charge is 0.266 e. The number of rotatable bonds is 0. The predicted octanol–water partition coefficient (Wildman–Crippen LogP) is 6.20. The Labute approximate surface area is 152 Å². The van der Waals surface area contributed by atoms with E-state index < -0.39 is 0 Å². The predicted molar refractivity (Wildman–Crippen MR) is 112 cm³/mol. The topological polar surface area (TPSA) is 32.9 Å². The molecule has 26 heavy (non-hydrogen) atoms. The molecule has 122 valence electrons. The number of hydrogen-bond donors (Lipinski definition) is 1. The second-order valence-corrected chi connectivity index (χ2v) is 7.65. The van der Waals surface area contributed by atoms with Crippen molar-refractivity contribution in [3.05, 3.63) is 83.2 Å². The second-order valence-electron chi connectivity index (χ2n) is 6.60. The zero-order valence-electron chi connectivity index (χ0n) is 13.7. The van der Waals surface area contributed by atoms with Crippen molar-refractivity contribution in [1.82, 2.24) is 4.98 Å². The molecule has 0 atom stereocenters. The van der Waals surface area contributed by atoms with Gasteiger partial charge in [-0.3, -0.25) is 4.79 Å². The van der Waals surface area contributed by atoms with Crippen LogP contribution in [0.3, 0.4) is 0 Å². The minimum Gasteiger partial charge on any atom is -0.320 e. The molecule has 6 aromatic rings. The van der Waals surface area contributed by atoms with Crippen LogP contribution in [0.1, 0.15) is 0 Å². The molecule has 0 saturated carbocycles. The third-order valence-electron chi connectivity index (χ3n) is 5.22. The number of aromatic amines is 1. The Morgan fingerprint density at radius 1 is 0.615 bits per heavy atom. The molecular weight excluding hydrogens is 338 g/mol. The molecule has 0 aliphatic carbocycles. The van der Waals surface area contributed by atoms with Gasteiger partial charge in [0.25, 0.3) is 5.56 Å². The highest BCUT2D eigenvalue weighted by Crippen LogP contribution is 2.41. The lowest BCUT2D eigenvalue weighted by atomic mass is 9.95. The van der Waals surface area contributed by atoms with E-state index >= 15 is 0 Å². The molecule has 0 saturated heterocycles. The van der Waals surface area contributed by atoms with Gasteiger partial charge in [-0.25, -0.2) is 0 Å². The van der Waals surface area contributed by atoms with E-state index in [4.69, 9.17) is 0 Å². The third-order valence-corrected chi connectivity index (χ3v) is 6.39. The van der Waals surface area contributed by atoms with E-state index in [9.17, 15) is 4.79 Å². The molecule has 0 aliphatic heterocycles. The molecule has 0 unspecified atom stereocenters. The van der Waals surface area contributed by atoms with Crippen LogP contribution in [0.25, 0.3) is 52.6 Å². The van der Waals surface area contributed by atoms with Gasteiger partial charge in [0.1, 0.15) is 4.70 Å². The number of nitrogens with one attached hydrogen (secondary N) is 1. The summed E-state index contributed by atoms with van der Waals surface area (Å²) in [6.07, 6.45) is 0. The van der Waals surface area contributed by atoms with Gasteiger partial charge in [0, 0.05) is 26.2 Å². The van der Waals surface area contributed by atoms with Crippen molar-refractivity contribution >= 4 is 64.0 Å². The summed E-state index contributed by atoms with van der Waals surface area (Å²) in [4.78, 5) is 16.1.